The monoisotopic (exact) mass is 472 g/mol. The van der Waals surface area contributed by atoms with Gasteiger partial charge >= 0.3 is 17.9 Å². The first-order chi connectivity index (χ1) is 16.8. The number of ether oxygens (including phenoxy) is 4. The highest BCUT2D eigenvalue weighted by atomic mass is 16.6. The van der Waals surface area contributed by atoms with Crippen LogP contribution in [-0.2, 0) is 32.8 Å². The van der Waals surface area contributed by atoms with Crippen molar-refractivity contribution in [2.45, 2.75) is 46.1 Å². The summed E-state index contributed by atoms with van der Waals surface area (Å²) in [5.41, 5.74) is 2.72. The standard InChI is InChI=1S/C28H24O7/c1-5-17-11-21-25(13-23(17)32-15(3)29)34-26-14-24(33-16(4)30)18(6-2)12-22(26)28(21)20-10-8-7-9-19(20)27(31)35-28/h7-14H,5-6H2,1-4H3. The molecule has 0 unspecified atom stereocenters. The molecule has 0 saturated carbocycles. The fraction of sp³-hybridized carbons (Fsp3) is 0.250. The number of carbonyl (C=O) groups is 3. The van der Waals surface area contributed by atoms with Gasteiger partial charge in [-0.25, -0.2) is 4.79 Å². The number of esters is 3. The molecule has 7 nitrogen and oxygen atoms in total. The fourth-order valence-corrected chi connectivity index (χ4v) is 4.86. The maximum Gasteiger partial charge on any atom is 0.340 e. The van der Waals surface area contributed by atoms with Crippen LogP contribution in [-0.4, -0.2) is 17.9 Å². The number of hydrogen-bond acceptors (Lipinski definition) is 7. The quantitative estimate of drug-likeness (QED) is 0.379. The van der Waals surface area contributed by atoms with Crippen LogP contribution in [0.4, 0.5) is 0 Å². The first-order valence-electron chi connectivity index (χ1n) is 11.5. The highest BCUT2D eigenvalue weighted by Gasteiger charge is 2.54. The van der Waals surface area contributed by atoms with Gasteiger partial charge in [0.25, 0.3) is 0 Å². The van der Waals surface area contributed by atoms with E-state index < -0.39 is 23.5 Å². The summed E-state index contributed by atoms with van der Waals surface area (Å²) in [5, 5.41) is 0. The van der Waals surface area contributed by atoms with Crippen LogP contribution in [0.5, 0.6) is 23.0 Å². The van der Waals surface area contributed by atoms with E-state index in [1.807, 2.05) is 38.1 Å². The normalized spacial score (nSPS) is 14.3. The lowest BCUT2D eigenvalue weighted by atomic mass is 9.76. The Kier molecular flexibility index (Phi) is 5.35. The second-order valence-corrected chi connectivity index (χ2v) is 8.52. The summed E-state index contributed by atoms with van der Waals surface area (Å²) in [6, 6.07) is 14.3. The van der Waals surface area contributed by atoms with Gasteiger partial charge in [-0.3, -0.25) is 9.59 Å². The third-order valence-corrected chi connectivity index (χ3v) is 6.35. The molecule has 7 heteroatoms. The molecule has 0 N–H and O–H groups in total. The third kappa shape index (κ3) is 3.46. The summed E-state index contributed by atoms with van der Waals surface area (Å²) >= 11 is 0. The molecule has 0 aliphatic carbocycles. The maximum absolute atomic E-state index is 13.1. The Morgan fingerprint density at radius 1 is 0.800 bits per heavy atom. The zero-order chi connectivity index (χ0) is 24.9. The van der Waals surface area contributed by atoms with Gasteiger partial charge in [-0.2, -0.15) is 0 Å². The van der Waals surface area contributed by atoms with Gasteiger partial charge in [0.1, 0.15) is 23.0 Å². The molecule has 3 aromatic carbocycles. The van der Waals surface area contributed by atoms with Crippen LogP contribution in [0, 0.1) is 0 Å². The van der Waals surface area contributed by atoms with Crippen LogP contribution in [0.15, 0.2) is 48.5 Å². The Bertz CT molecular complexity index is 1330. The molecule has 0 amide bonds. The van der Waals surface area contributed by atoms with E-state index in [0.717, 1.165) is 11.1 Å². The lowest BCUT2D eigenvalue weighted by Gasteiger charge is -2.37. The highest BCUT2D eigenvalue weighted by Crippen LogP contribution is 2.58. The predicted molar refractivity (Wildman–Crippen MR) is 126 cm³/mol. The summed E-state index contributed by atoms with van der Waals surface area (Å²) in [6.07, 6.45) is 1.17. The van der Waals surface area contributed by atoms with E-state index in [1.165, 1.54) is 13.8 Å². The summed E-state index contributed by atoms with van der Waals surface area (Å²) in [7, 11) is 0. The predicted octanol–water partition coefficient (Wildman–Crippen LogP) is 5.23. The molecule has 3 aromatic rings. The van der Waals surface area contributed by atoms with E-state index in [9.17, 15) is 14.4 Å². The van der Waals surface area contributed by atoms with Gasteiger partial charge in [0.2, 0.25) is 0 Å². The molecule has 35 heavy (non-hydrogen) atoms. The molecule has 0 atom stereocenters. The van der Waals surface area contributed by atoms with E-state index >= 15 is 0 Å². The van der Waals surface area contributed by atoms with Gasteiger partial charge in [0.15, 0.2) is 5.60 Å². The summed E-state index contributed by atoms with van der Waals surface area (Å²) in [6.45, 7) is 6.58. The molecule has 2 aliphatic rings. The molecular weight excluding hydrogens is 448 g/mol. The van der Waals surface area contributed by atoms with Crippen molar-refractivity contribution in [2.75, 3.05) is 0 Å². The molecule has 0 aromatic heterocycles. The van der Waals surface area contributed by atoms with Gasteiger partial charge in [0.05, 0.1) is 5.56 Å². The Balaban J connectivity index is 1.84. The Labute approximate surface area is 202 Å². The molecule has 2 heterocycles. The average Bonchev–Trinajstić information content (AvgIpc) is 3.11. The first-order valence-corrected chi connectivity index (χ1v) is 11.5. The summed E-state index contributed by atoms with van der Waals surface area (Å²) in [4.78, 5) is 36.6. The lowest BCUT2D eigenvalue weighted by Crippen LogP contribution is -2.33. The van der Waals surface area contributed by atoms with Gasteiger partial charge in [0, 0.05) is 42.7 Å². The van der Waals surface area contributed by atoms with Crippen LogP contribution in [0.3, 0.4) is 0 Å². The van der Waals surface area contributed by atoms with Crippen molar-refractivity contribution in [1.29, 1.82) is 0 Å². The van der Waals surface area contributed by atoms with Crippen LogP contribution in [0.2, 0.25) is 0 Å². The first kappa shape index (κ1) is 22.7. The molecule has 0 bridgehead atoms. The Hall–Kier alpha value is -4.13. The molecule has 178 valence electrons. The largest absolute Gasteiger partial charge is 0.456 e. The van der Waals surface area contributed by atoms with Gasteiger partial charge < -0.3 is 18.9 Å². The van der Waals surface area contributed by atoms with E-state index in [-0.39, 0.29) is 0 Å². The number of fused-ring (bicyclic) bond motifs is 6. The zero-order valence-corrected chi connectivity index (χ0v) is 19.9. The van der Waals surface area contributed by atoms with Crippen LogP contribution < -0.4 is 14.2 Å². The maximum atomic E-state index is 13.1. The van der Waals surface area contributed by atoms with Crippen molar-refractivity contribution in [2.24, 2.45) is 0 Å². The minimum absolute atomic E-state index is 0.375. The molecule has 5 rings (SSSR count). The van der Waals surface area contributed by atoms with E-state index in [0.29, 0.717) is 58.1 Å². The van der Waals surface area contributed by atoms with E-state index in [2.05, 4.69) is 0 Å². The molecule has 0 radical (unpaired) electrons. The second kappa shape index (κ2) is 8.27. The van der Waals surface area contributed by atoms with Crippen LogP contribution in [0.25, 0.3) is 0 Å². The average molecular weight is 472 g/mol. The zero-order valence-electron chi connectivity index (χ0n) is 19.9. The number of benzene rings is 3. The van der Waals surface area contributed by atoms with Crippen molar-refractivity contribution in [3.63, 3.8) is 0 Å². The number of hydrogen-bond donors (Lipinski definition) is 0. The van der Waals surface area contributed by atoms with Crippen molar-refractivity contribution < 1.29 is 33.3 Å². The minimum atomic E-state index is -1.27. The number of aryl methyl sites for hydroxylation is 2. The topological polar surface area (TPSA) is 88.1 Å². The van der Waals surface area contributed by atoms with E-state index in [4.69, 9.17) is 18.9 Å². The fourth-order valence-electron chi connectivity index (χ4n) is 4.86. The Morgan fingerprint density at radius 2 is 1.31 bits per heavy atom. The van der Waals surface area contributed by atoms with Crippen molar-refractivity contribution >= 4 is 17.9 Å². The molecule has 0 fully saturated rings. The number of rotatable bonds is 4. The van der Waals surface area contributed by atoms with Crippen molar-refractivity contribution in [1.82, 2.24) is 0 Å². The summed E-state index contributed by atoms with van der Waals surface area (Å²) < 4.78 is 23.4. The van der Waals surface area contributed by atoms with Crippen LogP contribution in [0.1, 0.15) is 65.9 Å². The Morgan fingerprint density at radius 3 is 1.80 bits per heavy atom. The van der Waals surface area contributed by atoms with Gasteiger partial charge in [-0.05, 0) is 42.2 Å². The second-order valence-electron chi connectivity index (χ2n) is 8.52. The molecule has 0 saturated heterocycles. The van der Waals surface area contributed by atoms with E-state index in [1.54, 1.807) is 24.3 Å². The van der Waals surface area contributed by atoms with Crippen molar-refractivity contribution in [3.8, 4) is 23.0 Å². The van der Waals surface area contributed by atoms with Gasteiger partial charge in [-0.1, -0.05) is 32.0 Å². The smallest absolute Gasteiger partial charge is 0.340 e. The minimum Gasteiger partial charge on any atom is -0.456 e. The third-order valence-electron chi connectivity index (χ3n) is 6.35. The molecule has 1 spiro atoms. The molecule has 2 aliphatic heterocycles. The molecular formula is C28H24O7. The SMILES string of the molecule is CCc1cc2c(cc1OC(C)=O)Oc1cc(OC(C)=O)c(CC)cc1C21OC(=O)c2ccccc21. The summed E-state index contributed by atoms with van der Waals surface area (Å²) in [5.74, 6) is 0.173. The van der Waals surface area contributed by atoms with Crippen LogP contribution >= 0.6 is 0 Å². The van der Waals surface area contributed by atoms with Crippen molar-refractivity contribution in [3.05, 3.63) is 81.9 Å². The lowest BCUT2D eigenvalue weighted by molar-refractivity contribution is -0.132. The van der Waals surface area contributed by atoms with Gasteiger partial charge in [-0.15, -0.1) is 0 Å². The highest BCUT2D eigenvalue weighted by molar-refractivity contribution is 5.97. The number of carbonyl (C=O) groups excluding carboxylic acids is 3.